The Bertz CT molecular complexity index is 2300. The molecule has 12 aliphatic rings. The lowest BCUT2D eigenvalue weighted by Gasteiger charge is -2.60. The van der Waals surface area contributed by atoms with Crippen molar-refractivity contribution in [3.05, 3.63) is 34.9 Å². The molecule has 0 aromatic carbocycles. The summed E-state index contributed by atoms with van der Waals surface area (Å²) in [6.45, 7) is 19.3. The average molecular weight is 959 g/mol. The number of rotatable bonds is 3. The zero-order valence-corrected chi connectivity index (χ0v) is 44.9. The van der Waals surface area contributed by atoms with Crippen molar-refractivity contribution in [1.82, 2.24) is 0 Å². The molecule has 0 radical (unpaired) electrons. The predicted octanol–water partition coefficient (Wildman–Crippen LogP) is 13.1. The van der Waals surface area contributed by atoms with Gasteiger partial charge in [-0.15, -0.1) is 0 Å². The summed E-state index contributed by atoms with van der Waals surface area (Å²) in [7, 11) is 0. The molecule has 0 heterocycles. The third kappa shape index (κ3) is 7.67. The van der Waals surface area contributed by atoms with Crippen LogP contribution in [0.3, 0.4) is 0 Å². The van der Waals surface area contributed by atoms with E-state index >= 15 is 0 Å². The molecule has 384 valence electrons. The van der Waals surface area contributed by atoms with Crippen LogP contribution in [0.4, 0.5) is 0 Å². The second kappa shape index (κ2) is 18.0. The van der Waals surface area contributed by atoms with E-state index in [-0.39, 0.29) is 32.9 Å². The van der Waals surface area contributed by atoms with Gasteiger partial charge in [0.15, 0.2) is 23.1 Å². The van der Waals surface area contributed by atoms with Gasteiger partial charge in [0, 0.05) is 36.5 Å². The molecule has 9 saturated carbocycles. The van der Waals surface area contributed by atoms with Crippen molar-refractivity contribution in [2.45, 2.75) is 216 Å². The first-order valence-corrected chi connectivity index (χ1v) is 29.0. The van der Waals surface area contributed by atoms with Crippen molar-refractivity contribution in [1.29, 1.82) is 0 Å². The number of carbonyl (C=O) groups excluding carboxylic acids is 6. The lowest BCUT2D eigenvalue weighted by atomic mass is 9.45. The van der Waals surface area contributed by atoms with Crippen LogP contribution in [0.15, 0.2) is 34.9 Å². The Kier molecular flexibility index (Phi) is 13.0. The Balaban J connectivity index is 0.000000122. The Morgan fingerprint density at radius 2 is 1.06 bits per heavy atom. The molecule has 0 aromatic heterocycles. The van der Waals surface area contributed by atoms with Crippen molar-refractivity contribution in [2.24, 2.45) is 104 Å². The summed E-state index contributed by atoms with van der Waals surface area (Å²) in [4.78, 5) is 72.1. The van der Waals surface area contributed by atoms with Gasteiger partial charge in [0.05, 0.1) is 0 Å². The molecule has 12 aliphatic carbocycles. The predicted molar refractivity (Wildman–Crippen MR) is 274 cm³/mol. The molecule has 7 heteroatoms. The molecule has 0 unspecified atom stereocenters. The van der Waals surface area contributed by atoms with Crippen LogP contribution in [0.1, 0.15) is 210 Å². The first kappa shape index (κ1) is 50.7. The van der Waals surface area contributed by atoms with E-state index < -0.39 is 5.60 Å². The Hall–Kier alpha value is -2.80. The van der Waals surface area contributed by atoms with Crippen LogP contribution in [-0.2, 0) is 28.8 Å². The molecule has 19 atom stereocenters. The molecule has 0 amide bonds. The van der Waals surface area contributed by atoms with Crippen molar-refractivity contribution < 1.29 is 33.9 Å². The molecule has 70 heavy (non-hydrogen) atoms. The zero-order chi connectivity index (χ0) is 50.1. The van der Waals surface area contributed by atoms with Crippen LogP contribution in [0, 0.1) is 104 Å². The first-order chi connectivity index (χ1) is 33.0. The second-order valence-electron chi connectivity index (χ2n) is 27.8. The van der Waals surface area contributed by atoms with E-state index in [0.717, 1.165) is 119 Å². The van der Waals surface area contributed by atoms with E-state index in [1.165, 1.54) is 68.1 Å². The fourth-order valence-electron chi connectivity index (χ4n) is 21.7. The molecule has 12 rings (SSSR count). The van der Waals surface area contributed by atoms with Gasteiger partial charge in [-0.2, -0.15) is 0 Å². The van der Waals surface area contributed by atoms with Gasteiger partial charge in [0.2, 0.25) is 0 Å². The molecule has 0 saturated heterocycles. The van der Waals surface area contributed by atoms with Crippen molar-refractivity contribution in [3.63, 3.8) is 0 Å². The van der Waals surface area contributed by atoms with E-state index in [2.05, 4.69) is 41.5 Å². The number of aliphatic hydroxyl groups is 1. The number of fused-ring (bicyclic) bond motifs is 15. The maximum Gasteiger partial charge on any atom is 0.161 e. The van der Waals surface area contributed by atoms with Gasteiger partial charge in [-0.3, -0.25) is 28.8 Å². The van der Waals surface area contributed by atoms with Gasteiger partial charge in [-0.25, -0.2) is 0 Å². The normalized spacial score (nSPS) is 49.5. The summed E-state index contributed by atoms with van der Waals surface area (Å²) in [5.74, 6) is 9.66. The van der Waals surface area contributed by atoms with E-state index in [4.69, 9.17) is 0 Å². The average Bonchev–Trinajstić information content (AvgIpc) is 3.96. The van der Waals surface area contributed by atoms with E-state index in [0.29, 0.717) is 83.2 Å². The number of hydrogen-bond donors (Lipinski definition) is 1. The van der Waals surface area contributed by atoms with E-state index in [9.17, 15) is 33.9 Å². The summed E-state index contributed by atoms with van der Waals surface area (Å²) >= 11 is 0. The molecule has 0 aliphatic heterocycles. The van der Waals surface area contributed by atoms with Crippen LogP contribution >= 0.6 is 0 Å². The third-order valence-electron chi connectivity index (χ3n) is 25.3. The highest BCUT2D eigenvalue weighted by atomic mass is 16.3. The molecule has 0 bridgehead atoms. The maximum absolute atomic E-state index is 12.3. The minimum atomic E-state index is -1.13. The summed E-state index contributed by atoms with van der Waals surface area (Å²) in [6.07, 6.45) is 30.3. The molecular formula is C63H90O7. The number of ketones is 6. The molecule has 0 aromatic rings. The van der Waals surface area contributed by atoms with Gasteiger partial charge in [-0.1, -0.05) is 58.3 Å². The van der Waals surface area contributed by atoms with Crippen LogP contribution in [-0.4, -0.2) is 45.4 Å². The monoisotopic (exact) mass is 959 g/mol. The van der Waals surface area contributed by atoms with Crippen LogP contribution in [0.2, 0.25) is 0 Å². The van der Waals surface area contributed by atoms with Gasteiger partial charge in [-0.05, 0) is 254 Å². The molecule has 0 spiro atoms. The fraction of sp³-hybridized carbons (Fsp3) is 0.810. The zero-order valence-electron chi connectivity index (χ0n) is 44.9. The fourth-order valence-corrected chi connectivity index (χ4v) is 21.7. The lowest BCUT2D eigenvalue weighted by Crippen LogP contribution is -2.57. The number of Topliss-reactive ketones (excluding diaryl/α,β-unsaturated/α-hetero) is 3. The van der Waals surface area contributed by atoms with Gasteiger partial charge >= 0.3 is 0 Å². The largest absolute Gasteiger partial charge is 0.382 e. The lowest BCUT2D eigenvalue weighted by molar-refractivity contribution is -0.161. The maximum atomic E-state index is 12.3. The summed E-state index contributed by atoms with van der Waals surface area (Å²) in [6, 6.07) is 0. The van der Waals surface area contributed by atoms with Crippen molar-refractivity contribution in [3.8, 4) is 0 Å². The number of carbonyl (C=O) groups is 6. The van der Waals surface area contributed by atoms with Gasteiger partial charge in [0.25, 0.3) is 0 Å². The summed E-state index contributed by atoms with van der Waals surface area (Å²) in [5, 5.41) is 11.2. The van der Waals surface area contributed by atoms with Crippen molar-refractivity contribution >= 4 is 34.7 Å². The SMILES string of the molecule is CC(=O)[C@@]1(O)CC[C@H]2[C@@H]3C[C@H](C)C4=CC(=O)CC[C@]4(C)[C@H]3CC[C@@]21C.CC(=O)[C@H]1CC[C@H]2[C@@H]3CCC4=CC(=O)CC[C@@H]4[C@H]3CC[C@]12C.CC(=O)[C@H]1CC[C@H]2[C@@H]3CCC4=CC(=O)CC[C@]4(C)[C@H]3CC[C@]12C. The van der Waals surface area contributed by atoms with Crippen LogP contribution < -0.4 is 0 Å². The topological polar surface area (TPSA) is 123 Å². The van der Waals surface area contributed by atoms with E-state index in [1.807, 2.05) is 18.2 Å². The number of allylic oxidation sites excluding steroid dienone is 3. The minimum Gasteiger partial charge on any atom is -0.382 e. The van der Waals surface area contributed by atoms with Crippen LogP contribution in [0.5, 0.6) is 0 Å². The minimum absolute atomic E-state index is 0.0464. The molecule has 7 nitrogen and oxygen atoms in total. The Morgan fingerprint density at radius 3 is 1.71 bits per heavy atom. The summed E-state index contributed by atoms with van der Waals surface area (Å²) < 4.78 is 0. The second-order valence-corrected chi connectivity index (χ2v) is 27.8. The Morgan fingerprint density at radius 1 is 0.500 bits per heavy atom. The highest BCUT2D eigenvalue weighted by molar-refractivity contribution is 5.93. The standard InChI is InChI=1S/C22H32O3.C21H30O2.C20H28O2/c1-13-11-16-17(20(3)8-5-15(24)12-19(13)20)6-9-21(4)18(16)7-10-22(21,25)14(2)23;1-13(22)17-6-7-18-16-5-4-14-12-15(23)8-10-20(14,2)19(16)9-11-21(17,18)3;1-12(21)18-7-8-19-17-5-3-13-11-14(22)4-6-15(13)16(17)9-10-20(18,19)2/h12-13,16-18,25H,5-11H2,1-4H3;12,16-19H,4-11H2,1-3H3;11,15-19H,3-10H2,1-2H3/t13-,16+,17-,18-,20+,21-,22-;16-,17+,18-,19-,20-,21+;15-,16+,17+,18+,19-,20+/m000/s1. The van der Waals surface area contributed by atoms with Gasteiger partial charge < -0.3 is 5.11 Å². The highest BCUT2D eigenvalue weighted by Crippen LogP contribution is 2.70. The summed E-state index contributed by atoms with van der Waals surface area (Å²) in [5.41, 5.74) is 3.78. The number of hydrogen-bond acceptors (Lipinski definition) is 7. The third-order valence-corrected chi connectivity index (χ3v) is 25.3. The quantitative estimate of drug-likeness (QED) is 0.299. The first-order valence-electron chi connectivity index (χ1n) is 29.0. The molecule has 9 fully saturated rings. The smallest absolute Gasteiger partial charge is 0.161 e. The highest BCUT2D eigenvalue weighted by Gasteiger charge is 2.66. The van der Waals surface area contributed by atoms with Gasteiger partial charge in [0.1, 0.15) is 17.2 Å². The molecular weight excluding hydrogens is 869 g/mol. The van der Waals surface area contributed by atoms with Crippen molar-refractivity contribution in [2.75, 3.05) is 0 Å². The van der Waals surface area contributed by atoms with Crippen LogP contribution in [0.25, 0.3) is 0 Å². The Labute approximate surface area is 421 Å². The molecule has 1 N–H and O–H groups in total. The van der Waals surface area contributed by atoms with E-state index in [1.54, 1.807) is 20.8 Å².